The van der Waals surface area contributed by atoms with E-state index in [0.717, 1.165) is 52.9 Å². The van der Waals surface area contributed by atoms with Crippen molar-refractivity contribution in [3.63, 3.8) is 0 Å². The molecule has 0 spiro atoms. The van der Waals surface area contributed by atoms with Gasteiger partial charge in [-0.25, -0.2) is 15.0 Å². The van der Waals surface area contributed by atoms with Crippen LogP contribution in [0.25, 0.3) is 10.9 Å². The molecule has 6 nitrogen and oxygen atoms in total. The number of piperidine rings is 1. The average molecular weight is 409 g/mol. The number of pyridine rings is 1. The molecule has 4 rings (SSSR count). The normalized spacial score (nSPS) is 15.0. The number of halogens is 1. The van der Waals surface area contributed by atoms with Crippen molar-refractivity contribution >= 4 is 38.5 Å². The Labute approximate surface area is 160 Å². The second-order valence-electron chi connectivity index (χ2n) is 6.31. The second-order valence-corrected chi connectivity index (χ2v) is 7.22. The van der Waals surface area contributed by atoms with Gasteiger partial charge in [0.2, 0.25) is 0 Å². The highest BCUT2D eigenvalue weighted by molar-refractivity contribution is 9.10. The molecule has 0 atom stereocenters. The van der Waals surface area contributed by atoms with E-state index in [1.165, 1.54) is 0 Å². The van der Waals surface area contributed by atoms with Crippen molar-refractivity contribution in [2.75, 3.05) is 23.3 Å². The molecule has 0 radical (unpaired) electrons. The Bertz CT molecular complexity index is 958. The van der Waals surface area contributed by atoms with Gasteiger partial charge >= 0.3 is 0 Å². The Morgan fingerprint density at radius 1 is 1.12 bits per heavy atom. The van der Waals surface area contributed by atoms with Gasteiger partial charge in [-0.3, -0.25) is 0 Å². The Morgan fingerprint density at radius 3 is 2.69 bits per heavy atom. The van der Waals surface area contributed by atoms with Gasteiger partial charge in [-0.2, -0.15) is 5.26 Å². The number of hydrogen-bond acceptors (Lipinski definition) is 6. The van der Waals surface area contributed by atoms with Crippen molar-refractivity contribution in [1.29, 1.82) is 5.26 Å². The Balaban J connectivity index is 1.44. The highest BCUT2D eigenvalue weighted by Gasteiger charge is 2.21. The maximum absolute atomic E-state index is 8.88. The summed E-state index contributed by atoms with van der Waals surface area (Å²) in [5.41, 5.74) is 1.53. The van der Waals surface area contributed by atoms with Crippen molar-refractivity contribution in [1.82, 2.24) is 15.0 Å². The van der Waals surface area contributed by atoms with E-state index in [9.17, 15) is 0 Å². The van der Waals surface area contributed by atoms with Crippen LogP contribution in [0.3, 0.4) is 0 Å². The average Bonchev–Trinajstić information content (AvgIpc) is 2.69. The molecule has 1 aliphatic rings. The van der Waals surface area contributed by atoms with Gasteiger partial charge in [0, 0.05) is 35.2 Å². The first-order chi connectivity index (χ1) is 12.7. The fourth-order valence-electron chi connectivity index (χ4n) is 3.23. The van der Waals surface area contributed by atoms with E-state index in [2.05, 4.69) is 47.2 Å². The lowest BCUT2D eigenvalue weighted by molar-refractivity contribution is 0.523. The van der Waals surface area contributed by atoms with Crippen LogP contribution in [0, 0.1) is 11.3 Å². The Morgan fingerprint density at radius 2 is 1.96 bits per heavy atom. The topological polar surface area (TPSA) is 77.7 Å². The van der Waals surface area contributed by atoms with Crippen LogP contribution in [-0.4, -0.2) is 34.1 Å². The number of nitriles is 1. The molecular formula is C19H17BrN6. The zero-order valence-electron chi connectivity index (χ0n) is 14.1. The SMILES string of the molecule is N#Cc1ccc(N2CCC(Nc3ncnc4ccc(Br)cc34)CC2)nc1. The van der Waals surface area contributed by atoms with E-state index in [1.54, 1.807) is 12.5 Å². The summed E-state index contributed by atoms with van der Waals surface area (Å²) in [6.45, 7) is 1.84. The van der Waals surface area contributed by atoms with E-state index in [-0.39, 0.29) is 0 Å². The second kappa shape index (κ2) is 7.26. The van der Waals surface area contributed by atoms with E-state index in [1.807, 2.05) is 30.3 Å². The van der Waals surface area contributed by atoms with E-state index in [4.69, 9.17) is 5.26 Å². The zero-order chi connectivity index (χ0) is 17.9. The molecule has 1 aliphatic heterocycles. The minimum atomic E-state index is 0.363. The lowest BCUT2D eigenvalue weighted by Crippen LogP contribution is -2.39. The van der Waals surface area contributed by atoms with Crippen LogP contribution >= 0.6 is 15.9 Å². The molecule has 0 unspecified atom stereocenters. The lowest BCUT2D eigenvalue weighted by Gasteiger charge is -2.33. The number of aromatic nitrogens is 3. The molecule has 7 heteroatoms. The fraction of sp³-hybridized carbons (Fsp3) is 0.263. The van der Waals surface area contributed by atoms with Crippen molar-refractivity contribution in [3.05, 3.63) is 52.9 Å². The van der Waals surface area contributed by atoms with Gasteiger partial charge < -0.3 is 10.2 Å². The number of benzene rings is 1. The van der Waals surface area contributed by atoms with Crippen LogP contribution in [0.4, 0.5) is 11.6 Å². The molecule has 1 N–H and O–H groups in total. The quantitative estimate of drug-likeness (QED) is 0.710. The van der Waals surface area contributed by atoms with Crippen LogP contribution < -0.4 is 10.2 Å². The third-order valence-electron chi connectivity index (χ3n) is 4.63. The number of nitrogens with zero attached hydrogens (tertiary/aromatic N) is 5. The molecule has 1 aromatic carbocycles. The molecule has 26 heavy (non-hydrogen) atoms. The summed E-state index contributed by atoms with van der Waals surface area (Å²) in [5.74, 6) is 1.81. The molecule has 0 aliphatic carbocycles. The summed E-state index contributed by atoms with van der Waals surface area (Å²) in [4.78, 5) is 15.4. The van der Waals surface area contributed by atoms with Crippen molar-refractivity contribution < 1.29 is 0 Å². The van der Waals surface area contributed by atoms with E-state index in [0.29, 0.717) is 11.6 Å². The molecule has 0 amide bonds. The van der Waals surface area contributed by atoms with Crippen LogP contribution in [0.2, 0.25) is 0 Å². The summed E-state index contributed by atoms with van der Waals surface area (Å²) in [5, 5.41) is 13.5. The predicted octanol–water partition coefficient (Wildman–Crippen LogP) is 3.74. The smallest absolute Gasteiger partial charge is 0.137 e. The number of rotatable bonds is 3. The predicted molar refractivity (Wildman–Crippen MR) is 105 cm³/mol. The number of nitrogens with one attached hydrogen (secondary N) is 1. The molecule has 0 bridgehead atoms. The third-order valence-corrected chi connectivity index (χ3v) is 5.13. The van der Waals surface area contributed by atoms with E-state index >= 15 is 0 Å². The molecular weight excluding hydrogens is 392 g/mol. The first-order valence-corrected chi connectivity index (χ1v) is 9.30. The van der Waals surface area contributed by atoms with Gasteiger partial charge in [-0.15, -0.1) is 0 Å². The fourth-order valence-corrected chi connectivity index (χ4v) is 3.59. The summed E-state index contributed by atoms with van der Waals surface area (Å²) >= 11 is 3.52. The van der Waals surface area contributed by atoms with Crippen molar-refractivity contribution in [3.8, 4) is 6.07 Å². The van der Waals surface area contributed by atoms with Gasteiger partial charge in [-0.05, 0) is 43.2 Å². The third kappa shape index (κ3) is 3.46. The summed E-state index contributed by atoms with van der Waals surface area (Å²) in [6.07, 6.45) is 5.24. The van der Waals surface area contributed by atoms with Crippen molar-refractivity contribution in [2.45, 2.75) is 18.9 Å². The van der Waals surface area contributed by atoms with Gasteiger partial charge in [0.1, 0.15) is 24.0 Å². The minimum absolute atomic E-state index is 0.363. The molecule has 2 aromatic heterocycles. The highest BCUT2D eigenvalue weighted by Crippen LogP contribution is 2.26. The first-order valence-electron chi connectivity index (χ1n) is 8.51. The Kier molecular flexibility index (Phi) is 4.67. The van der Waals surface area contributed by atoms with Gasteiger partial charge in [0.25, 0.3) is 0 Å². The number of fused-ring (bicyclic) bond motifs is 1. The summed E-state index contributed by atoms with van der Waals surface area (Å²) < 4.78 is 1.02. The lowest BCUT2D eigenvalue weighted by atomic mass is 10.0. The largest absolute Gasteiger partial charge is 0.367 e. The molecule has 1 saturated heterocycles. The van der Waals surface area contributed by atoms with Crippen LogP contribution in [0.5, 0.6) is 0 Å². The number of hydrogen-bond donors (Lipinski definition) is 1. The standard InChI is InChI=1S/C19H17BrN6/c20-14-2-3-17-16(9-14)19(24-12-23-17)25-15-5-7-26(8-6-15)18-4-1-13(10-21)11-22-18/h1-4,9,11-12,15H,5-8H2,(H,23,24,25). The molecule has 3 heterocycles. The van der Waals surface area contributed by atoms with Crippen LogP contribution in [0.15, 0.2) is 47.3 Å². The molecule has 0 saturated carbocycles. The summed E-state index contributed by atoms with van der Waals surface area (Å²) in [6, 6.07) is 12.2. The van der Waals surface area contributed by atoms with Crippen LogP contribution in [0.1, 0.15) is 18.4 Å². The monoisotopic (exact) mass is 408 g/mol. The highest BCUT2D eigenvalue weighted by atomic mass is 79.9. The minimum Gasteiger partial charge on any atom is -0.367 e. The zero-order valence-corrected chi connectivity index (χ0v) is 15.6. The summed E-state index contributed by atoms with van der Waals surface area (Å²) in [7, 11) is 0. The van der Waals surface area contributed by atoms with Crippen molar-refractivity contribution in [2.24, 2.45) is 0 Å². The van der Waals surface area contributed by atoms with E-state index < -0.39 is 0 Å². The van der Waals surface area contributed by atoms with Gasteiger partial charge in [0.05, 0.1) is 11.1 Å². The molecule has 130 valence electrons. The molecule has 3 aromatic rings. The van der Waals surface area contributed by atoms with Crippen LogP contribution in [-0.2, 0) is 0 Å². The first kappa shape index (κ1) is 16.7. The number of anilines is 2. The van der Waals surface area contributed by atoms with Gasteiger partial charge in [-0.1, -0.05) is 15.9 Å². The Hall–Kier alpha value is -2.72. The maximum Gasteiger partial charge on any atom is 0.137 e. The van der Waals surface area contributed by atoms with Gasteiger partial charge in [0.15, 0.2) is 0 Å². The maximum atomic E-state index is 8.88. The molecule has 1 fully saturated rings.